The second-order valence-corrected chi connectivity index (χ2v) is 6.20. The zero-order valence-corrected chi connectivity index (χ0v) is 14.1. The highest BCUT2D eigenvalue weighted by molar-refractivity contribution is 5.88. The minimum atomic E-state index is -0.259. The summed E-state index contributed by atoms with van der Waals surface area (Å²) in [6.45, 7) is 4.11. The van der Waals surface area contributed by atoms with Crippen molar-refractivity contribution in [3.05, 3.63) is 0 Å². The topological polar surface area (TPSA) is 75.4 Å². The maximum absolute atomic E-state index is 12.3. The van der Waals surface area contributed by atoms with Crippen LogP contribution in [-0.2, 0) is 9.59 Å². The molecule has 5 nitrogen and oxygen atoms in total. The quantitative estimate of drug-likeness (QED) is 0.574. The maximum atomic E-state index is 12.3. The Kier molecular flexibility index (Phi) is 9.87. The summed E-state index contributed by atoms with van der Waals surface area (Å²) in [4.78, 5) is 26.2. The van der Waals surface area contributed by atoms with Crippen LogP contribution in [0.1, 0.15) is 71.1 Å². The lowest BCUT2D eigenvalue weighted by Gasteiger charge is -2.24. The van der Waals surface area contributed by atoms with Gasteiger partial charge < -0.3 is 16.0 Å². The van der Waals surface area contributed by atoms with Gasteiger partial charge in [-0.25, -0.2) is 0 Å². The second kappa shape index (κ2) is 11.5. The lowest BCUT2D eigenvalue weighted by Crippen LogP contribution is -2.46. The summed E-state index contributed by atoms with van der Waals surface area (Å²) in [6, 6.07) is -0.259. The number of amides is 2. The molecule has 0 unspecified atom stereocenters. The van der Waals surface area contributed by atoms with Crippen molar-refractivity contribution in [3.8, 4) is 0 Å². The summed E-state index contributed by atoms with van der Waals surface area (Å²) in [7, 11) is 0. The first-order chi connectivity index (χ1) is 10.7. The number of carbonyl (C=O) groups is 2. The Hall–Kier alpha value is -1.10. The number of carbonyl (C=O) groups excluding carboxylic acids is 2. The normalized spacial score (nSPS) is 17.7. The van der Waals surface area contributed by atoms with Crippen molar-refractivity contribution in [3.63, 3.8) is 0 Å². The third kappa shape index (κ3) is 6.77. The number of hydrogen-bond donors (Lipinski definition) is 2. The highest BCUT2D eigenvalue weighted by Crippen LogP contribution is 2.19. The minimum Gasteiger partial charge on any atom is -0.354 e. The van der Waals surface area contributed by atoms with Crippen LogP contribution in [0.5, 0.6) is 0 Å². The molecule has 1 aliphatic rings. The molecular weight excluding hydrogens is 278 g/mol. The molecule has 0 aromatic rings. The Balaban J connectivity index is 2.26. The molecule has 0 radical (unpaired) electrons. The van der Waals surface area contributed by atoms with E-state index in [1.165, 1.54) is 25.7 Å². The Morgan fingerprint density at radius 2 is 1.86 bits per heavy atom. The van der Waals surface area contributed by atoms with E-state index >= 15 is 0 Å². The predicted molar refractivity (Wildman–Crippen MR) is 89.4 cm³/mol. The minimum absolute atomic E-state index is 0.0118. The average molecular weight is 311 g/mol. The van der Waals surface area contributed by atoms with E-state index in [1.54, 1.807) is 4.90 Å². The Labute approximate surface area is 135 Å². The molecule has 0 aromatic carbocycles. The number of likely N-dealkylation sites (tertiary alicyclic amines) is 1. The summed E-state index contributed by atoms with van der Waals surface area (Å²) >= 11 is 0. The van der Waals surface area contributed by atoms with Crippen LogP contribution < -0.4 is 11.1 Å². The third-order valence-electron chi connectivity index (χ3n) is 4.30. The first-order valence-electron chi connectivity index (χ1n) is 8.98. The predicted octanol–water partition coefficient (Wildman–Crippen LogP) is 2.19. The van der Waals surface area contributed by atoms with Crippen LogP contribution in [0.15, 0.2) is 0 Å². The lowest BCUT2D eigenvalue weighted by atomic mass is 10.1. The molecule has 3 N–H and O–H groups in total. The van der Waals surface area contributed by atoms with E-state index < -0.39 is 0 Å². The van der Waals surface area contributed by atoms with Crippen molar-refractivity contribution in [2.24, 2.45) is 5.73 Å². The lowest BCUT2D eigenvalue weighted by molar-refractivity contribution is -0.138. The second-order valence-electron chi connectivity index (χ2n) is 6.20. The first-order valence-corrected chi connectivity index (χ1v) is 8.98. The summed E-state index contributed by atoms with van der Waals surface area (Å²) in [5.41, 5.74) is 5.43. The molecule has 1 heterocycles. The van der Waals surface area contributed by atoms with Crippen LogP contribution in [0.25, 0.3) is 0 Å². The maximum Gasteiger partial charge on any atom is 0.242 e. The molecule has 0 spiro atoms. The van der Waals surface area contributed by atoms with Gasteiger partial charge in [0.15, 0.2) is 0 Å². The Bertz CT molecular complexity index is 334. The van der Waals surface area contributed by atoms with E-state index in [4.69, 9.17) is 5.73 Å². The van der Waals surface area contributed by atoms with Crippen molar-refractivity contribution >= 4 is 11.8 Å². The van der Waals surface area contributed by atoms with Crippen molar-refractivity contribution in [2.45, 2.75) is 77.2 Å². The van der Waals surface area contributed by atoms with Gasteiger partial charge in [0.05, 0.1) is 0 Å². The molecule has 0 bridgehead atoms. The molecule has 1 rings (SSSR count). The van der Waals surface area contributed by atoms with Gasteiger partial charge in [-0.2, -0.15) is 0 Å². The number of hydrogen-bond acceptors (Lipinski definition) is 3. The van der Waals surface area contributed by atoms with Gasteiger partial charge in [-0.05, 0) is 32.2 Å². The van der Waals surface area contributed by atoms with Gasteiger partial charge in [-0.15, -0.1) is 0 Å². The van der Waals surface area contributed by atoms with E-state index in [9.17, 15) is 9.59 Å². The molecule has 2 amide bonds. The summed E-state index contributed by atoms with van der Waals surface area (Å²) in [5.74, 6) is 0.134. The molecule has 0 saturated carbocycles. The molecule has 0 aliphatic carbocycles. The van der Waals surface area contributed by atoms with Crippen molar-refractivity contribution in [2.75, 3.05) is 19.6 Å². The Morgan fingerprint density at radius 3 is 2.59 bits per heavy atom. The molecule has 1 atom stereocenters. The zero-order valence-electron chi connectivity index (χ0n) is 14.1. The van der Waals surface area contributed by atoms with Crippen LogP contribution in [0.3, 0.4) is 0 Å². The molecule has 1 fully saturated rings. The third-order valence-corrected chi connectivity index (χ3v) is 4.30. The molecule has 1 saturated heterocycles. The summed E-state index contributed by atoms with van der Waals surface area (Å²) in [5, 5.41) is 2.89. The van der Waals surface area contributed by atoms with E-state index in [-0.39, 0.29) is 17.9 Å². The molecular formula is C17H33N3O2. The molecule has 0 aromatic heterocycles. The number of nitrogens with zero attached hydrogens (tertiary/aromatic N) is 1. The largest absolute Gasteiger partial charge is 0.354 e. The van der Waals surface area contributed by atoms with Crippen molar-refractivity contribution in [1.29, 1.82) is 0 Å². The van der Waals surface area contributed by atoms with Gasteiger partial charge >= 0.3 is 0 Å². The van der Waals surface area contributed by atoms with E-state index in [1.807, 2.05) is 0 Å². The molecule has 5 heteroatoms. The smallest absolute Gasteiger partial charge is 0.242 e. The van der Waals surface area contributed by atoms with Gasteiger partial charge in [0.1, 0.15) is 6.04 Å². The SMILES string of the molecule is CCCCCCCCC(=O)N1CCC[C@@H]1C(=O)NCCCN. The van der Waals surface area contributed by atoms with Crippen LogP contribution in [-0.4, -0.2) is 42.4 Å². The summed E-state index contributed by atoms with van der Waals surface area (Å²) in [6.07, 6.45) is 10.1. The van der Waals surface area contributed by atoms with Gasteiger partial charge in [-0.1, -0.05) is 39.0 Å². The van der Waals surface area contributed by atoms with Gasteiger partial charge in [0.25, 0.3) is 0 Å². The van der Waals surface area contributed by atoms with Crippen LogP contribution in [0, 0.1) is 0 Å². The van der Waals surface area contributed by atoms with Crippen LogP contribution in [0.4, 0.5) is 0 Å². The highest BCUT2D eigenvalue weighted by atomic mass is 16.2. The standard InChI is InChI=1S/C17H33N3O2/c1-2-3-4-5-6-7-11-16(21)20-14-8-10-15(20)17(22)19-13-9-12-18/h15H,2-14,18H2,1H3,(H,19,22)/t15-/m1/s1. The molecule has 128 valence electrons. The number of nitrogens with one attached hydrogen (secondary N) is 1. The average Bonchev–Trinajstić information content (AvgIpc) is 3.00. The van der Waals surface area contributed by atoms with E-state index in [2.05, 4.69) is 12.2 Å². The number of rotatable bonds is 11. The van der Waals surface area contributed by atoms with E-state index in [0.717, 1.165) is 38.6 Å². The molecule has 1 aliphatic heterocycles. The fourth-order valence-corrected chi connectivity index (χ4v) is 2.97. The number of nitrogens with two attached hydrogens (primary N) is 1. The van der Waals surface area contributed by atoms with Crippen molar-refractivity contribution < 1.29 is 9.59 Å². The zero-order chi connectivity index (χ0) is 16.2. The van der Waals surface area contributed by atoms with Crippen LogP contribution in [0.2, 0.25) is 0 Å². The van der Waals surface area contributed by atoms with Crippen LogP contribution >= 0.6 is 0 Å². The Morgan fingerprint density at radius 1 is 1.14 bits per heavy atom. The first kappa shape index (κ1) is 18.9. The van der Waals surface area contributed by atoms with Gasteiger partial charge in [0.2, 0.25) is 11.8 Å². The summed E-state index contributed by atoms with van der Waals surface area (Å²) < 4.78 is 0. The monoisotopic (exact) mass is 311 g/mol. The van der Waals surface area contributed by atoms with E-state index in [0.29, 0.717) is 19.5 Å². The van der Waals surface area contributed by atoms with Crippen molar-refractivity contribution in [1.82, 2.24) is 10.2 Å². The fraction of sp³-hybridized carbons (Fsp3) is 0.882. The molecule has 22 heavy (non-hydrogen) atoms. The van der Waals surface area contributed by atoms with Gasteiger partial charge in [0, 0.05) is 19.5 Å². The number of unbranched alkanes of at least 4 members (excludes halogenated alkanes) is 5. The van der Waals surface area contributed by atoms with Gasteiger partial charge in [-0.3, -0.25) is 9.59 Å². The fourth-order valence-electron chi connectivity index (χ4n) is 2.97. The highest BCUT2D eigenvalue weighted by Gasteiger charge is 2.33.